The molecule has 1 rings (SSSR count). The first kappa shape index (κ1) is 14.8. The summed E-state index contributed by atoms with van der Waals surface area (Å²) >= 11 is 0. The van der Waals surface area contributed by atoms with Crippen LogP contribution >= 0.6 is 0 Å². The van der Waals surface area contributed by atoms with Gasteiger partial charge in [0.15, 0.2) is 0 Å². The highest BCUT2D eigenvalue weighted by Gasteiger charge is 2.10. The number of aryl methyl sites for hydroxylation is 1. The van der Waals surface area contributed by atoms with E-state index in [9.17, 15) is 0 Å². The van der Waals surface area contributed by atoms with E-state index in [-0.39, 0.29) is 0 Å². The van der Waals surface area contributed by atoms with Crippen molar-refractivity contribution in [2.75, 3.05) is 13.1 Å². The molecule has 0 spiro atoms. The zero-order chi connectivity index (χ0) is 13.5. The van der Waals surface area contributed by atoms with Crippen LogP contribution in [0.5, 0.6) is 0 Å². The van der Waals surface area contributed by atoms with Crippen molar-refractivity contribution < 1.29 is 4.42 Å². The van der Waals surface area contributed by atoms with Gasteiger partial charge in [-0.15, -0.1) is 6.42 Å². The Kier molecular flexibility index (Phi) is 5.97. The molecule has 0 aliphatic carbocycles. The molecular formula is C15H24N2O. The SMILES string of the molecule is C#CCN(CC)Cc1cc(CNC(C)C)c(C)o1. The number of hydrogen-bond acceptors (Lipinski definition) is 3. The Hall–Kier alpha value is -1.24. The van der Waals surface area contributed by atoms with Crippen LogP contribution in [0.25, 0.3) is 0 Å². The molecule has 0 aromatic carbocycles. The fraction of sp³-hybridized carbons (Fsp3) is 0.600. The second-order valence-corrected chi connectivity index (χ2v) is 4.84. The molecular weight excluding hydrogens is 224 g/mol. The molecule has 0 atom stereocenters. The third-order valence-electron chi connectivity index (χ3n) is 2.91. The average Bonchev–Trinajstić information content (AvgIpc) is 2.66. The Morgan fingerprint density at radius 1 is 1.50 bits per heavy atom. The van der Waals surface area contributed by atoms with E-state index in [0.29, 0.717) is 12.6 Å². The van der Waals surface area contributed by atoms with E-state index in [0.717, 1.165) is 31.2 Å². The lowest BCUT2D eigenvalue weighted by Crippen LogP contribution is -2.23. The van der Waals surface area contributed by atoms with Crippen LogP contribution in [-0.2, 0) is 13.1 Å². The Bertz CT molecular complexity index is 401. The summed E-state index contributed by atoms with van der Waals surface area (Å²) in [6.07, 6.45) is 5.34. The van der Waals surface area contributed by atoms with Gasteiger partial charge in [-0.1, -0.05) is 26.7 Å². The van der Waals surface area contributed by atoms with Crippen LogP contribution in [0.2, 0.25) is 0 Å². The second-order valence-electron chi connectivity index (χ2n) is 4.84. The summed E-state index contributed by atoms with van der Waals surface area (Å²) in [4.78, 5) is 2.18. The lowest BCUT2D eigenvalue weighted by atomic mass is 10.2. The predicted molar refractivity (Wildman–Crippen MR) is 75.2 cm³/mol. The van der Waals surface area contributed by atoms with Crippen LogP contribution in [0.4, 0.5) is 0 Å². The van der Waals surface area contributed by atoms with Crippen LogP contribution in [0.15, 0.2) is 10.5 Å². The Morgan fingerprint density at radius 3 is 2.78 bits per heavy atom. The smallest absolute Gasteiger partial charge is 0.118 e. The Labute approximate surface area is 111 Å². The van der Waals surface area contributed by atoms with Gasteiger partial charge >= 0.3 is 0 Å². The van der Waals surface area contributed by atoms with Crippen LogP contribution in [0.3, 0.4) is 0 Å². The summed E-state index contributed by atoms with van der Waals surface area (Å²) < 4.78 is 5.78. The van der Waals surface area contributed by atoms with Crippen molar-refractivity contribution in [2.24, 2.45) is 0 Å². The summed E-state index contributed by atoms with van der Waals surface area (Å²) in [7, 11) is 0. The van der Waals surface area contributed by atoms with Crippen LogP contribution < -0.4 is 5.32 Å². The van der Waals surface area contributed by atoms with Gasteiger partial charge in [0.05, 0.1) is 13.1 Å². The number of nitrogens with one attached hydrogen (secondary N) is 1. The van der Waals surface area contributed by atoms with Crippen molar-refractivity contribution in [3.63, 3.8) is 0 Å². The molecule has 100 valence electrons. The normalized spacial score (nSPS) is 11.2. The minimum absolute atomic E-state index is 0.483. The fourth-order valence-electron chi connectivity index (χ4n) is 1.78. The average molecular weight is 248 g/mol. The molecule has 0 aliphatic rings. The van der Waals surface area contributed by atoms with Gasteiger partial charge in [-0.2, -0.15) is 0 Å². The van der Waals surface area contributed by atoms with Crippen LogP contribution in [0.1, 0.15) is 37.9 Å². The number of terminal acetylenes is 1. The van der Waals surface area contributed by atoms with Crippen molar-refractivity contribution >= 4 is 0 Å². The Balaban J connectivity index is 2.63. The van der Waals surface area contributed by atoms with E-state index >= 15 is 0 Å². The van der Waals surface area contributed by atoms with E-state index in [4.69, 9.17) is 10.8 Å². The second kappa shape index (κ2) is 7.25. The zero-order valence-corrected chi connectivity index (χ0v) is 11.9. The molecule has 0 aliphatic heterocycles. The largest absolute Gasteiger partial charge is 0.465 e. The standard InChI is InChI=1S/C15H24N2O/c1-6-8-17(7-2)11-15-9-14(13(5)18-15)10-16-12(3)4/h1,9,12,16H,7-8,10-11H2,2-5H3. The third-order valence-corrected chi connectivity index (χ3v) is 2.91. The highest BCUT2D eigenvalue weighted by molar-refractivity contribution is 5.20. The van der Waals surface area contributed by atoms with Gasteiger partial charge in [0, 0.05) is 18.2 Å². The van der Waals surface area contributed by atoms with Gasteiger partial charge < -0.3 is 9.73 Å². The lowest BCUT2D eigenvalue weighted by Gasteiger charge is -2.15. The van der Waals surface area contributed by atoms with E-state index in [1.54, 1.807) is 0 Å². The minimum Gasteiger partial charge on any atom is -0.465 e. The van der Waals surface area contributed by atoms with Crippen LogP contribution in [0, 0.1) is 19.3 Å². The van der Waals surface area contributed by atoms with Gasteiger partial charge in [-0.3, -0.25) is 4.90 Å². The highest BCUT2D eigenvalue weighted by atomic mass is 16.3. The molecule has 0 bridgehead atoms. The number of rotatable bonds is 7. The summed E-state index contributed by atoms with van der Waals surface area (Å²) in [5.74, 6) is 4.66. The monoisotopic (exact) mass is 248 g/mol. The van der Waals surface area contributed by atoms with E-state index in [1.165, 1.54) is 5.56 Å². The van der Waals surface area contributed by atoms with Gasteiger partial charge in [-0.05, 0) is 19.5 Å². The quantitative estimate of drug-likeness (QED) is 0.752. The number of nitrogens with zero attached hydrogens (tertiary/aromatic N) is 1. The molecule has 0 fully saturated rings. The maximum Gasteiger partial charge on any atom is 0.118 e. The molecule has 1 heterocycles. The molecule has 1 aromatic rings. The van der Waals surface area contributed by atoms with Crippen molar-refractivity contribution in [3.8, 4) is 12.3 Å². The molecule has 0 saturated carbocycles. The summed E-state index contributed by atoms with van der Waals surface area (Å²) in [5, 5.41) is 3.40. The van der Waals surface area contributed by atoms with Gasteiger partial charge in [0.25, 0.3) is 0 Å². The van der Waals surface area contributed by atoms with E-state index in [2.05, 4.69) is 43.0 Å². The molecule has 3 heteroatoms. The summed E-state index contributed by atoms with van der Waals surface area (Å²) in [5.41, 5.74) is 1.23. The first-order valence-electron chi connectivity index (χ1n) is 6.54. The molecule has 0 unspecified atom stereocenters. The van der Waals surface area contributed by atoms with Gasteiger partial charge in [0.1, 0.15) is 11.5 Å². The van der Waals surface area contributed by atoms with Crippen LogP contribution in [-0.4, -0.2) is 24.0 Å². The van der Waals surface area contributed by atoms with Crippen molar-refractivity contribution in [1.82, 2.24) is 10.2 Å². The van der Waals surface area contributed by atoms with E-state index < -0.39 is 0 Å². The molecule has 0 saturated heterocycles. The van der Waals surface area contributed by atoms with Crippen molar-refractivity contribution in [3.05, 3.63) is 23.2 Å². The molecule has 18 heavy (non-hydrogen) atoms. The third kappa shape index (κ3) is 4.56. The van der Waals surface area contributed by atoms with E-state index in [1.807, 2.05) is 6.92 Å². The molecule has 1 N–H and O–H groups in total. The molecule has 0 amide bonds. The van der Waals surface area contributed by atoms with Gasteiger partial charge in [-0.25, -0.2) is 0 Å². The van der Waals surface area contributed by atoms with Crippen molar-refractivity contribution in [2.45, 2.75) is 46.8 Å². The predicted octanol–water partition coefficient (Wildman–Crippen LogP) is 2.54. The topological polar surface area (TPSA) is 28.4 Å². The molecule has 0 radical (unpaired) electrons. The highest BCUT2D eigenvalue weighted by Crippen LogP contribution is 2.16. The number of furan rings is 1. The first-order chi connectivity index (χ1) is 8.56. The lowest BCUT2D eigenvalue weighted by molar-refractivity contribution is 0.283. The molecule has 1 aromatic heterocycles. The number of hydrogen-bond donors (Lipinski definition) is 1. The summed E-state index contributed by atoms with van der Waals surface area (Å²) in [6, 6.07) is 2.61. The molecule has 3 nitrogen and oxygen atoms in total. The first-order valence-corrected chi connectivity index (χ1v) is 6.54. The maximum atomic E-state index is 5.78. The van der Waals surface area contributed by atoms with Crippen molar-refractivity contribution in [1.29, 1.82) is 0 Å². The fourth-order valence-corrected chi connectivity index (χ4v) is 1.78. The maximum absolute atomic E-state index is 5.78. The summed E-state index contributed by atoms with van der Waals surface area (Å²) in [6.45, 7) is 11.6. The minimum atomic E-state index is 0.483. The zero-order valence-electron chi connectivity index (χ0n) is 11.9. The van der Waals surface area contributed by atoms with Gasteiger partial charge in [0.2, 0.25) is 0 Å². The Morgan fingerprint density at radius 2 is 2.22 bits per heavy atom.